The Morgan fingerprint density at radius 3 is 2.74 bits per heavy atom. The molecule has 10 nitrogen and oxygen atoms in total. The summed E-state index contributed by atoms with van der Waals surface area (Å²) in [6.07, 6.45) is -0.743. The molecule has 2 heterocycles. The van der Waals surface area contributed by atoms with Gasteiger partial charge in [0.25, 0.3) is 0 Å². The van der Waals surface area contributed by atoms with Crippen molar-refractivity contribution in [3.8, 4) is 11.6 Å². The molecular weight excluding hydrogens is 354 g/mol. The van der Waals surface area contributed by atoms with Crippen molar-refractivity contribution in [2.45, 2.75) is 20.1 Å². The molecule has 0 aliphatic rings. The topological polar surface area (TPSA) is 132 Å². The molecule has 3 aromatic rings. The van der Waals surface area contributed by atoms with Crippen LogP contribution in [0.3, 0.4) is 0 Å². The molecule has 1 amide bonds. The molecule has 0 atom stereocenters. The average molecular weight is 373 g/mol. The molecule has 2 aromatic heterocycles. The fraction of sp³-hybridized carbons (Fsp3) is 0.294. The summed E-state index contributed by atoms with van der Waals surface area (Å²) in [5.41, 5.74) is 2.81. The van der Waals surface area contributed by atoms with Crippen molar-refractivity contribution in [2.75, 3.05) is 19.5 Å². The lowest BCUT2D eigenvalue weighted by Gasteiger charge is -2.11. The van der Waals surface area contributed by atoms with E-state index in [-0.39, 0.29) is 18.4 Å². The number of aryl methyl sites for hydroxylation is 1. The molecular formula is C17H19N5O5. The zero-order valence-corrected chi connectivity index (χ0v) is 15.1. The third-order valence-corrected chi connectivity index (χ3v) is 3.99. The van der Waals surface area contributed by atoms with Crippen LogP contribution in [0.4, 0.5) is 10.7 Å². The number of fused-ring (bicyclic) bond motifs is 1. The van der Waals surface area contributed by atoms with E-state index in [4.69, 9.17) is 4.74 Å². The summed E-state index contributed by atoms with van der Waals surface area (Å²) < 4.78 is 11.4. The Bertz CT molecular complexity index is 1000. The van der Waals surface area contributed by atoms with Crippen molar-refractivity contribution in [3.05, 3.63) is 35.0 Å². The molecule has 0 aliphatic carbocycles. The Balaban J connectivity index is 2.02. The normalized spacial score (nSPS) is 10.8. The number of amides is 1. The van der Waals surface area contributed by atoms with Gasteiger partial charge < -0.3 is 19.7 Å². The second kappa shape index (κ2) is 7.46. The SMILES string of the molecule is COC(=O)Nc1nc(O)c2c(n1)c(C)nn2Cc1ccc(CO)cc1OC. The highest BCUT2D eigenvalue weighted by molar-refractivity contribution is 5.87. The van der Waals surface area contributed by atoms with E-state index in [1.165, 1.54) is 14.2 Å². The fourth-order valence-electron chi connectivity index (χ4n) is 2.70. The van der Waals surface area contributed by atoms with Gasteiger partial charge in [0.15, 0.2) is 0 Å². The van der Waals surface area contributed by atoms with Gasteiger partial charge in [-0.25, -0.2) is 9.78 Å². The number of nitrogens with zero attached hydrogens (tertiary/aromatic N) is 4. The quantitative estimate of drug-likeness (QED) is 0.614. The lowest BCUT2D eigenvalue weighted by atomic mass is 10.1. The van der Waals surface area contributed by atoms with Gasteiger partial charge in [0.05, 0.1) is 33.1 Å². The first-order chi connectivity index (χ1) is 13.0. The molecule has 3 rings (SSSR count). The van der Waals surface area contributed by atoms with Crippen LogP contribution in [0.25, 0.3) is 11.0 Å². The van der Waals surface area contributed by atoms with Crippen LogP contribution < -0.4 is 10.1 Å². The highest BCUT2D eigenvalue weighted by Crippen LogP contribution is 2.28. The van der Waals surface area contributed by atoms with Crippen molar-refractivity contribution in [1.82, 2.24) is 19.7 Å². The Morgan fingerprint density at radius 1 is 1.30 bits per heavy atom. The number of aromatic nitrogens is 4. The lowest BCUT2D eigenvalue weighted by molar-refractivity contribution is 0.186. The van der Waals surface area contributed by atoms with Crippen LogP contribution in [0.15, 0.2) is 18.2 Å². The van der Waals surface area contributed by atoms with Crippen LogP contribution in [-0.4, -0.2) is 50.3 Å². The number of rotatable bonds is 5. The summed E-state index contributed by atoms with van der Waals surface area (Å²) in [5.74, 6) is 0.185. The minimum atomic E-state index is -0.743. The number of hydrogen-bond acceptors (Lipinski definition) is 8. The molecule has 0 fully saturated rings. The first kappa shape index (κ1) is 18.4. The van der Waals surface area contributed by atoms with Crippen LogP contribution in [0.2, 0.25) is 0 Å². The molecule has 0 spiro atoms. The first-order valence-corrected chi connectivity index (χ1v) is 8.02. The number of anilines is 1. The Morgan fingerprint density at radius 2 is 2.07 bits per heavy atom. The molecule has 10 heteroatoms. The van der Waals surface area contributed by atoms with Gasteiger partial charge in [-0.3, -0.25) is 10.00 Å². The number of nitrogens with one attached hydrogen (secondary N) is 1. The van der Waals surface area contributed by atoms with Crippen molar-refractivity contribution in [2.24, 2.45) is 0 Å². The van der Waals surface area contributed by atoms with E-state index >= 15 is 0 Å². The van der Waals surface area contributed by atoms with Gasteiger partial charge in [0.2, 0.25) is 11.8 Å². The van der Waals surface area contributed by atoms with E-state index in [0.29, 0.717) is 29.0 Å². The molecule has 0 saturated heterocycles. The number of hydrogen-bond donors (Lipinski definition) is 3. The van der Waals surface area contributed by atoms with Crippen LogP contribution in [0, 0.1) is 6.92 Å². The maximum absolute atomic E-state index is 11.3. The number of aromatic hydroxyl groups is 1. The van der Waals surface area contributed by atoms with E-state index in [2.05, 4.69) is 25.1 Å². The molecule has 3 N–H and O–H groups in total. The predicted octanol–water partition coefficient (Wildman–Crippen LogP) is 1.57. The number of ether oxygens (including phenoxy) is 2. The Labute approximate surface area is 154 Å². The van der Waals surface area contributed by atoms with Crippen LogP contribution in [0.1, 0.15) is 16.8 Å². The molecule has 0 aliphatic heterocycles. The van der Waals surface area contributed by atoms with E-state index in [1.807, 2.05) is 6.07 Å². The van der Waals surface area contributed by atoms with Gasteiger partial charge in [0, 0.05) is 5.56 Å². The van der Waals surface area contributed by atoms with Gasteiger partial charge in [-0.15, -0.1) is 0 Å². The summed E-state index contributed by atoms with van der Waals surface area (Å²) in [6.45, 7) is 1.93. The van der Waals surface area contributed by atoms with Gasteiger partial charge in [0.1, 0.15) is 16.8 Å². The summed E-state index contributed by atoms with van der Waals surface area (Å²) >= 11 is 0. The second-order valence-electron chi connectivity index (χ2n) is 5.73. The maximum Gasteiger partial charge on any atom is 0.413 e. The standard InChI is InChI=1S/C17H19N5O5/c1-9-13-14(15(24)19-16(18-13)20-17(25)27-3)22(21-9)7-11-5-4-10(8-23)6-12(11)26-2/h4-6,23H,7-8H2,1-3H3,(H2,18,19,20,24,25). The maximum atomic E-state index is 11.3. The number of aliphatic hydroxyl groups is 1. The average Bonchev–Trinajstić information content (AvgIpc) is 2.97. The minimum Gasteiger partial charge on any atom is -0.496 e. The smallest absolute Gasteiger partial charge is 0.413 e. The monoisotopic (exact) mass is 373 g/mol. The van der Waals surface area contributed by atoms with Crippen molar-refractivity contribution in [3.63, 3.8) is 0 Å². The van der Waals surface area contributed by atoms with E-state index in [9.17, 15) is 15.0 Å². The highest BCUT2D eigenvalue weighted by Gasteiger charge is 2.18. The Hall–Kier alpha value is -3.40. The van der Waals surface area contributed by atoms with E-state index in [1.54, 1.807) is 23.7 Å². The molecule has 0 bridgehead atoms. The number of methoxy groups -OCH3 is 2. The van der Waals surface area contributed by atoms with Crippen molar-refractivity contribution in [1.29, 1.82) is 0 Å². The molecule has 0 radical (unpaired) electrons. The van der Waals surface area contributed by atoms with Crippen molar-refractivity contribution >= 4 is 23.1 Å². The Kier molecular flexibility index (Phi) is 5.08. The fourth-order valence-corrected chi connectivity index (χ4v) is 2.70. The lowest BCUT2D eigenvalue weighted by Crippen LogP contribution is -2.13. The second-order valence-corrected chi connectivity index (χ2v) is 5.73. The van der Waals surface area contributed by atoms with E-state index in [0.717, 1.165) is 11.1 Å². The van der Waals surface area contributed by atoms with Gasteiger partial charge >= 0.3 is 6.09 Å². The minimum absolute atomic E-state index is 0.0839. The number of carbonyl (C=O) groups is 1. The number of benzene rings is 1. The zero-order valence-electron chi connectivity index (χ0n) is 15.1. The molecule has 1 aromatic carbocycles. The molecule has 0 saturated carbocycles. The third-order valence-electron chi connectivity index (χ3n) is 3.99. The predicted molar refractivity (Wildman–Crippen MR) is 95.8 cm³/mol. The summed E-state index contributed by atoms with van der Waals surface area (Å²) in [6, 6.07) is 5.34. The molecule has 27 heavy (non-hydrogen) atoms. The van der Waals surface area contributed by atoms with E-state index < -0.39 is 6.09 Å². The summed E-state index contributed by atoms with van der Waals surface area (Å²) in [7, 11) is 2.75. The first-order valence-electron chi connectivity index (χ1n) is 8.02. The zero-order chi connectivity index (χ0) is 19.6. The van der Waals surface area contributed by atoms with Crippen LogP contribution in [-0.2, 0) is 17.9 Å². The van der Waals surface area contributed by atoms with Crippen LogP contribution >= 0.6 is 0 Å². The number of aliphatic hydroxyl groups excluding tert-OH is 1. The molecule has 142 valence electrons. The van der Waals surface area contributed by atoms with Crippen molar-refractivity contribution < 1.29 is 24.5 Å². The number of carbonyl (C=O) groups excluding carboxylic acids is 1. The highest BCUT2D eigenvalue weighted by atomic mass is 16.5. The summed E-state index contributed by atoms with van der Waals surface area (Å²) in [4.78, 5) is 19.4. The van der Waals surface area contributed by atoms with Crippen LogP contribution in [0.5, 0.6) is 11.6 Å². The summed E-state index contributed by atoms with van der Waals surface area (Å²) in [5, 5.41) is 26.3. The third kappa shape index (κ3) is 3.60. The van der Waals surface area contributed by atoms with Gasteiger partial charge in [-0.05, 0) is 18.6 Å². The molecule has 0 unspecified atom stereocenters. The van der Waals surface area contributed by atoms with Gasteiger partial charge in [-0.2, -0.15) is 10.1 Å². The largest absolute Gasteiger partial charge is 0.496 e. The van der Waals surface area contributed by atoms with Gasteiger partial charge in [-0.1, -0.05) is 12.1 Å².